The lowest BCUT2D eigenvalue weighted by molar-refractivity contribution is -0.137. The van der Waals surface area contributed by atoms with Crippen LogP contribution < -0.4 is 0 Å². The summed E-state index contributed by atoms with van der Waals surface area (Å²) in [5.74, 6) is -1.04. The van der Waals surface area contributed by atoms with Crippen molar-refractivity contribution in [3.63, 3.8) is 0 Å². The van der Waals surface area contributed by atoms with Crippen molar-refractivity contribution in [3.8, 4) is 0 Å². The normalized spacial score (nSPS) is 16.3. The van der Waals surface area contributed by atoms with Gasteiger partial charge in [0.05, 0.1) is 0 Å². The van der Waals surface area contributed by atoms with Crippen LogP contribution in [0.4, 0.5) is 4.39 Å². The molecule has 3 aromatic rings. The number of aliphatic carboxylic acids is 1. The molecule has 0 aliphatic carbocycles. The van der Waals surface area contributed by atoms with Crippen molar-refractivity contribution in [3.05, 3.63) is 70.1 Å². The first-order chi connectivity index (χ1) is 12.9. The van der Waals surface area contributed by atoms with Crippen LogP contribution in [0.25, 0.3) is 16.5 Å². The van der Waals surface area contributed by atoms with Crippen LogP contribution in [0, 0.1) is 12.7 Å². The molecule has 0 saturated carbocycles. The number of fused-ring (bicyclic) bond motifs is 2. The van der Waals surface area contributed by atoms with Crippen LogP contribution in [0.3, 0.4) is 0 Å². The van der Waals surface area contributed by atoms with E-state index in [4.69, 9.17) is 11.6 Å². The van der Waals surface area contributed by atoms with Crippen LogP contribution in [-0.4, -0.2) is 25.9 Å². The molecule has 1 aliphatic heterocycles. The Kier molecular flexibility index (Phi) is 4.50. The maximum Gasteiger partial charge on any atom is 0.323 e. The van der Waals surface area contributed by atoms with Crippen LogP contribution in [-0.2, 0) is 22.5 Å². The van der Waals surface area contributed by atoms with Crippen molar-refractivity contribution in [2.24, 2.45) is 0 Å². The van der Waals surface area contributed by atoms with Crippen LogP contribution >= 0.6 is 11.6 Å². The Hall–Kier alpha value is -2.28. The third-order valence-corrected chi connectivity index (χ3v) is 6.32. The van der Waals surface area contributed by atoms with Gasteiger partial charge in [-0.15, -0.1) is 0 Å². The minimum absolute atomic E-state index is 0.227. The lowest BCUT2D eigenvalue weighted by atomic mass is 9.95. The molecule has 0 radical (unpaired) electrons. The fourth-order valence-electron chi connectivity index (χ4n) is 3.64. The van der Waals surface area contributed by atoms with E-state index >= 15 is 0 Å². The number of hydrogen-bond donors (Lipinski definition) is 1. The summed E-state index contributed by atoms with van der Waals surface area (Å²) in [6.07, 6.45) is 1.85. The van der Waals surface area contributed by atoms with Gasteiger partial charge in [0.1, 0.15) is 18.1 Å². The zero-order chi connectivity index (χ0) is 19.3. The second-order valence-corrected chi connectivity index (χ2v) is 8.27. The Morgan fingerprint density at radius 3 is 2.85 bits per heavy atom. The summed E-state index contributed by atoms with van der Waals surface area (Å²) in [7, 11) is 0. The van der Waals surface area contributed by atoms with Gasteiger partial charge in [-0.3, -0.25) is 4.79 Å². The minimum Gasteiger partial charge on any atom is -0.611 e. The molecule has 0 amide bonds. The number of rotatable bonds is 3. The van der Waals surface area contributed by atoms with Gasteiger partial charge < -0.3 is 14.2 Å². The number of halogens is 2. The van der Waals surface area contributed by atoms with E-state index in [9.17, 15) is 18.8 Å². The average molecular weight is 404 g/mol. The molecule has 7 heteroatoms. The van der Waals surface area contributed by atoms with E-state index < -0.39 is 23.0 Å². The lowest BCUT2D eigenvalue weighted by Crippen LogP contribution is -2.14. The van der Waals surface area contributed by atoms with Crippen molar-refractivity contribution in [2.75, 3.05) is 5.75 Å². The highest BCUT2D eigenvalue weighted by Gasteiger charge is 2.28. The molecule has 0 spiro atoms. The first-order valence-corrected chi connectivity index (χ1v) is 9.95. The second kappa shape index (κ2) is 6.71. The SMILES string of the molecule is Cc1c(C2=CC[S+]([O-])c3ccc(Cl)cc32)c2cc(F)ccc2n1CC(=O)O. The van der Waals surface area contributed by atoms with E-state index in [1.807, 2.05) is 13.0 Å². The average Bonchev–Trinajstić information content (AvgIpc) is 2.86. The number of nitrogens with zero attached hydrogens (tertiary/aromatic N) is 1. The smallest absolute Gasteiger partial charge is 0.323 e. The minimum atomic E-state index is -1.17. The largest absolute Gasteiger partial charge is 0.611 e. The van der Waals surface area contributed by atoms with Gasteiger partial charge in [-0.05, 0) is 66.1 Å². The molecule has 1 aliphatic rings. The van der Waals surface area contributed by atoms with Crippen LogP contribution in [0.5, 0.6) is 0 Å². The quantitative estimate of drug-likeness (QED) is 0.660. The molecule has 0 bridgehead atoms. The molecule has 4 nitrogen and oxygen atoms in total. The number of benzene rings is 2. The third kappa shape index (κ3) is 3.04. The van der Waals surface area contributed by atoms with Gasteiger partial charge in [0.25, 0.3) is 0 Å². The summed E-state index contributed by atoms with van der Waals surface area (Å²) in [6, 6.07) is 9.50. The Labute approximate surface area is 163 Å². The van der Waals surface area contributed by atoms with Crippen LogP contribution in [0.1, 0.15) is 16.8 Å². The summed E-state index contributed by atoms with van der Waals surface area (Å²) < 4.78 is 28.1. The van der Waals surface area contributed by atoms with Gasteiger partial charge in [0.2, 0.25) is 0 Å². The summed E-state index contributed by atoms with van der Waals surface area (Å²) in [5.41, 5.74) is 3.62. The van der Waals surface area contributed by atoms with Crippen molar-refractivity contribution in [1.29, 1.82) is 0 Å². The van der Waals surface area contributed by atoms with Crippen LogP contribution in [0.2, 0.25) is 5.02 Å². The standard InChI is InChI=1S/C20H15ClFNO3S/c1-11-20(14-6-7-27(26)18-5-2-12(21)8-15(14)18)16-9-13(22)3-4-17(16)23(11)10-19(24)25/h2-6,8-9H,7,10H2,1H3,(H,24,25). The molecule has 2 heterocycles. The lowest BCUT2D eigenvalue weighted by Gasteiger charge is -2.21. The van der Waals surface area contributed by atoms with E-state index in [0.717, 1.165) is 16.7 Å². The van der Waals surface area contributed by atoms with E-state index in [-0.39, 0.29) is 6.54 Å². The molecule has 1 aromatic heterocycles. The molecular weight excluding hydrogens is 389 g/mol. The summed E-state index contributed by atoms with van der Waals surface area (Å²) in [6.45, 7) is 1.59. The highest BCUT2D eigenvalue weighted by molar-refractivity contribution is 7.91. The van der Waals surface area contributed by atoms with Crippen molar-refractivity contribution >= 4 is 45.2 Å². The van der Waals surface area contributed by atoms with Gasteiger partial charge in [-0.1, -0.05) is 11.6 Å². The highest BCUT2D eigenvalue weighted by atomic mass is 35.5. The molecule has 4 rings (SSSR count). The molecule has 1 atom stereocenters. The fourth-order valence-corrected chi connectivity index (χ4v) is 4.94. The highest BCUT2D eigenvalue weighted by Crippen LogP contribution is 2.40. The number of carbonyl (C=O) groups is 1. The second-order valence-electron chi connectivity index (χ2n) is 6.37. The van der Waals surface area contributed by atoms with Crippen molar-refractivity contribution in [1.82, 2.24) is 4.57 Å². The van der Waals surface area contributed by atoms with E-state index in [0.29, 0.717) is 32.3 Å². The number of aromatic nitrogens is 1. The maximum absolute atomic E-state index is 14.0. The Bertz CT molecular complexity index is 1120. The topological polar surface area (TPSA) is 65.3 Å². The molecule has 1 unspecified atom stereocenters. The Morgan fingerprint density at radius 1 is 1.33 bits per heavy atom. The van der Waals surface area contributed by atoms with Crippen molar-refractivity contribution < 1.29 is 18.8 Å². The zero-order valence-electron chi connectivity index (χ0n) is 14.3. The fraction of sp³-hybridized carbons (Fsp3) is 0.150. The molecule has 0 saturated heterocycles. The number of hydrogen-bond acceptors (Lipinski definition) is 2. The number of carboxylic acid groups (broad SMARTS) is 1. The van der Waals surface area contributed by atoms with Gasteiger partial charge >= 0.3 is 5.97 Å². The van der Waals surface area contributed by atoms with E-state index in [2.05, 4.69) is 0 Å². The van der Waals surface area contributed by atoms with Gasteiger partial charge in [-0.25, -0.2) is 4.39 Å². The Balaban J connectivity index is 2.03. The Morgan fingerprint density at radius 2 is 2.11 bits per heavy atom. The molecule has 27 heavy (non-hydrogen) atoms. The molecule has 2 aromatic carbocycles. The predicted molar refractivity (Wildman–Crippen MR) is 104 cm³/mol. The van der Waals surface area contributed by atoms with Crippen molar-refractivity contribution in [2.45, 2.75) is 18.4 Å². The zero-order valence-corrected chi connectivity index (χ0v) is 15.9. The predicted octanol–water partition coefficient (Wildman–Crippen LogP) is 4.38. The first kappa shape index (κ1) is 18.1. The monoisotopic (exact) mass is 403 g/mol. The van der Waals surface area contributed by atoms with Crippen LogP contribution in [0.15, 0.2) is 47.4 Å². The van der Waals surface area contributed by atoms with Gasteiger partial charge in [-0.2, -0.15) is 0 Å². The number of carboxylic acids is 1. The molecule has 138 valence electrons. The summed E-state index contributed by atoms with van der Waals surface area (Å²) >= 11 is 4.99. The summed E-state index contributed by atoms with van der Waals surface area (Å²) in [4.78, 5) is 12.0. The molecule has 0 fully saturated rings. The molecule has 1 N–H and O–H groups in total. The molecular formula is C20H15ClFNO3S. The van der Waals surface area contributed by atoms with E-state index in [1.165, 1.54) is 12.1 Å². The third-order valence-electron chi connectivity index (χ3n) is 4.76. The summed E-state index contributed by atoms with van der Waals surface area (Å²) in [5, 5.41) is 10.4. The maximum atomic E-state index is 14.0. The first-order valence-electron chi connectivity index (χ1n) is 8.26. The van der Waals surface area contributed by atoms with Gasteiger partial charge in [0.15, 0.2) is 4.90 Å². The van der Waals surface area contributed by atoms with E-state index in [1.54, 1.807) is 28.8 Å². The van der Waals surface area contributed by atoms with Gasteiger partial charge in [0, 0.05) is 32.7 Å².